The van der Waals surface area contributed by atoms with Crippen molar-refractivity contribution >= 4 is 39.9 Å². The number of amides is 2. The van der Waals surface area contributed by atoms with Gasteiger partial charge in [0.05, 0.1) is 0 Å². The fraction of sp³-hybridized carbons (Fsp3) is 0.444. The topological polar surface area (TPSA) is 75.2 Å². The van der Waals surface area contributed by atoms with E-state index < -0.39 is 6.04 Å². The Morgan fingerprint density at radius 2 is 2.04 bits per heavy atom. The highest BCUT2D eigenvalue weighted by Crippen LogP contribution is 2.28. The van der Waals surface area contributed by atoms with Crippen molar-refractivity contribution in [1.82, 2.24) is 15.1 Å². The lowest BCUT2D eigenvalue weighted by atomic mass is 10.1. The van der Waals surface area contributed by atoms with Crippen molar-refractivity contribution in [1.29, 1.82) is 0 Å². The first-order chi connectivity index (χ1) is 12.4. The van der Waals surface area contributed by atoms with Crippen LogP contribution in [0.1, 0.15) is 33.1 Å². The van der Waals surface area contributed by atoms with Crippen LogP contribution < -0.4 is 5.32 Å². The van der Waals surface area contributed by atoms with Crippen LogP contribution in [0.15, 0.2) is 24.3 Å². The largest absolute Gasteiger partial charge is 0.331 e. The predicted octanol–water partition coefficient (Wildman–Crippen LogP) is 3.83. The molecule has 2 aromatic rings. The van der Waals surface area contributed by atoms with Crippen LogP contribution in [0.3, 0.4) is 0 Å². The molecule has 2 amide bonds. The molecule has 3 rings (SSSR count). The van der Waals surface area contributed by atoms with E-state index in [0.717, 1.165) is 12.0 Å². The second kappa shape index (κ2) is 8.14. The van der Waals surface area contributed by atoms with Gasteiger partial charge in [0.1, 0.15) is 11.0 Å². The summed E-state index contributed by atoms with van der Waals surface area (Å²) in [6.45, 7) is 4.64. The molecular weight excluding hydrogens is 372 g/mol. The van der Waals surface area contributed by atoms with E-state index in [1.54, 1.807) is 17.0 Å². The molecular formula is C18H21ClN4O2S. The average Bonchev–Trinajstić information content (AvgIpc) is 3.24. The lowest BCUT2D eigenvalue weighted by Gasteiger charge is -2.24. The maximum atomic E-state index is 12.6. The molecule has 0 saturated carbocycles. The van der Waals surface area contributed by atoms with E-state index in [4.69, 9.17) is 11.6 Å². The van der Waals surface area contributed by atoms with E-state index in [9.17, 15) is 9.59 Å². The third-order valence-electron chi connectivity index (χ3n) is 4.20. The van der Waals surface area contributed by atoms with Crippen molar-refractivity contribution in [3.05, 3.63) is 29.3 Å². The Hall–Kier alpha value is -1.99. The Bertz CT molecular complexity index is 791. The molecule has 0 spiro atoms. The average molecular weight is 393 g/mol. The number of carbonyl (C=O) groups excluding carboxylic acids is 2. The minimum Gasteiger partial charge on any atom is -0.331 e. The van der Waals surface area contributed by atoms with Gasteiger partial charge in [-0.3, -0.25) is 14.9 Å². The van der Waals surface area contributed by atoms with Crippen LogP contribution in [0, 0.1) is 5.92 Å². The number of nitrogens with one attached hydrogen (secondary N) is 1. The third-order valence-corrected chi connectivity index (χ3v) is 5.34. The molecule has 138 valence electrons. The molecule has 1 unspecified atom stereocenters. The summed E-state index contributed by atoms with van der Waals surface area (Å²) in [7, 11) is 0. The quantitative estimate of drug-likeness (QED) is 0.838. The van der Waals surface area contributed by atoms with Crippen LogP contribution in [0.5, 0.6) is 0 Å². The van der Waals surface area contributed by atoms with Crippen LogP contribution in [0.25, 0.3) is 10.6 Å². The molecule has 1 aliphatic heterocycles. The number of hydrogen-bond acceptors (Lipinski definition) is 5. The number of carbonyl (C=O) groups is 2. The lowest BCUT2D eigenvalue weighted by Crippen LogP contribution is -2.43. The van der Waals surface area contributed by atoms with Crippen molar-refractivity contribution in [2.24, 2.45) is 5.92 Å². The minimum atomic E-state index is -0.427. The molecule has 0 aliphatic carbocycles. The second-order valence-corrected chi connectivity index (χ2v) is 8.17. The van der Waals surface area contributed by atoms with Gasteiger partial charge < -0.3 is 4.90 Å². The van der Waals surface area contributed by atoms with E-state index in [2.05, 4.69) is 15.5 Å². The Morgan fingerprint density at radius 3 is 2.73 bits per heavy atom. The van der Waals surface area contributed by atoms with Crippen LogP contribution in [0.4, 0.5) is 5.13 Å². The van der Waals surface area contributed by atoms with E-state index in [0.29, 0.717) is 34.5 Å². The smallest absolute Gasteiger partial charge is 0.249 e. The zero-order chi connectivity index (χ0) is 18.7. The summed E-state index contributed by atoms with van der Waals surface area (Å²) in [6, 6.07) is 6.86. The van der Waals surface area contributed by atoms with Crippen molar-refractivity contribution in [2.45, 2.75) is 39.2 Å². The van der Waals surface area contributed by atoms with E-state index in [1.165, 1.54) is 11.3 Å². The van der Waals surface area contributed by atoms with Crippen molar-refractivity contribution in [3.63, 3.8) is 0 Å². The molecule has 1 fully saturated rings. The highest BCUT2D eigenvalue weighted by Gasteiger charge is 2.34. The Kier molecular flexibility index (Phi) is 5.88. The van der Waals surface area contributed by atoms with Crippen LogP contribution in [0.2, 0.25) is 5.02 Å². The van der Waals surface area contributed by atoms with Gasteiger partial charge in [-0.05, 0) is 30.9 Å². The summed E-state index contributed by atoms with van der Waals surface area (Å²) in [4.78, 5) is 26.7. The van der Waals surface area contributed by atoms with Gasteiger partial charge in [-0.25, -0.2) is 0 Å². The second-order valence-electron chi connectivity index (χ2n) is 6.75. The fourth-order valence-electron chi connectivity index (χ4n) is 2.98. The number of anilines is 1. The number of likely N-dealkylation sites (tertiary alicyclic amines) is 1. The minimum absolute atomic E-state index is 0.0387. The highest BCUT2D eigenvalue weighted by molar-refractivity contribution is 7.18. The molecule has 26 heavy (non-hydrogen) atoms. The van der Waals surface area contributed by atoms with Gasteiger partial charge in [0.25, 0.3) is 0 Å². The van der Waals surface area contributed by atoms with Crippen LogP contribution in [-0.4, -0.2) is 39.5 Å². The number of hydrogen-bond donors (Lipinski definition) is 1. The molecule has 0 radical (unpaired) electrons. The molecule has 1 saturated heterocycles. The Balaban J connectivity index is 1.66. The Labute approximate surface area is 161 Å². The maximum absolute atomic E-state index is 12.6. The molecule has 1 atom stereocenters. The highest BCUT2D eigenvalue weighted by atomic mass is 35.5. The molecule has 0 bridgehead atoms. The van der Waals surface area contributed by atoms with Gasteiger partial charge in [0, 0.05) is 23.6 Å². The first kappa shape index (κ1) is 18.8. The van der Waals surface area contributed by atoms with Crippen LogP contribution >= 0.6 is 22.9 Å². The first-order valence-corrected chi connectivity index (χ1v) is 9.83. The SMILES string of the molecule is CC(C)CC(=O)N1CCCC1C(=O)Nc1nnc(-c2ccc(Cl)cc2)s1. The van der Waals surface area contributed by atoms with E-state index in [-0.39, 0.29) is 17.7 Å². The molecule has 8 heteroatoms. The summed E-state index contributed by atoms with van der Waals surface area (Å²) in [5, 5.41) is 12.8. The molecule has 1 aliphatic rings. The number of benzene rings is 1. The molecule has 6 nitrogen and oxygen atoms in total. The van der Waals surface area contributed by atoms with Gasteiger partial charge in [-0.1, -0.05) is 48.9 Å². The summed E-state index contributed by atoms with van der Waals surface area (Å²) < 4.78 is 0. The number of aromatic nitrogens is 2. The summed E-state index contributed by atoms with van der Waals surface area (Å²) in [5.74, 6) is 0.118. The van der Waals surface area contributed by atoms with Gasteiger partial charge in [0.15, 0.2) is 0 Å². The monoisotopic (exact) mass is 392 g/mol. The molecule has 1 N–H and O–H groups in total. The van der Waals surface area contributed by atoms with Gasteiger partial charge in [-0.2, -0.15) is 0 Å². The molecule has 1 aromatic heterocycles. The predicted molar refractivity (Wildman–Crippen MR) is 103 cm³/mol. The lowest BCUT2D eigenvalue weighted by molar-refractivity contribution is -0.137. The first-order valence-electron chi connectivity index (χ1n) is 8.64. The van der Waals surface area contributed by atoms with Crippen LogP contribution in [-0.2, 0) is 9.59 Å². The van der Waals surface area contributed by atoms with Gasteiger partial charge in [-0.15, -0.1) is 10.2 Å². The molecule has 2 heterocycles. The summed E-state index contributed by atoms with van der Waals surface area (Å²) >= 11 is 7.19. The summed E-state index contributed by atoms with van der Waals surface area (Å²) in [6.07, 6.45) is 1.98. The standard InChI is InChI=1S/C18H21ClN4O2S/c1-11(2)10-15(24)23-9-3-4-14(23)16(25)20-18-22-21-17(26-18)12-5-7-13(19)8-6-12/h5-8,11,14H,3-4,9-10H2,1-2H3,(H,20,22,25). The normalized spacial score (nSPS) is 16.9. The third kappa shape index (κ3) is 4.40. The van der Waals surface area contributed by atoms with Gasteiger partial charge in [0.2, 0.25) is 16.9 Å². The van der Waals surface area contributed by atoms with Gasteiger partial charge >= 0.3 is 0 Å². The van der Waals surface area contributed by atoms with E-state index >= 15 is 0 Å². The Morgan fingerprint density at radius 1 is 1.31 bits per heavy atom. The fourth-order valence-corrected chi connectivity index (χ4v) is 3.85. The zero-order valence-electron chi connectivity index (χ0n) is 14.7. The zero-order valence-corrected chi connectivity index (χ0v) is 16.3. The number of nitrogens with zero attached hydrogens (tertiary/aromatic N) is 3. The number of rotatable bonds is 5. The maximum Gasteiger partial charge on any atom is 0.249 e. The van der Waals surface area contributed by atoms with E-state index in [1.807, 2.05) is 26.0 Å². The number of halogens is 1. The summed E-state index contributed by atoms with van der Waals surface area (Å²) in [5.41, 5.74) is 0.891. The van der Waals surface area contributed by atoms with Crippen molar-refractivity contribution < 1.29 is 9.59 Å². The van der Waals surface area contributed by atoms with Crippen molar-refractivity contribution in [3.8, 4) is 10.6 Å². The molecule has 1 aromatic carbocycles. The van der Waals surface area contributed by atoms with Crippen molar-refractivity contribution in [2.75, 3.05) is 11.9 Å².